The SMILES string of the molecule is CC.CC(=O)OC1CCN(c2ncc(C(F)(F)F)cc2NC(=O)c2ccc(-c3ccncc3)o2)CC1. The summed E-state index contributed by atoms with van der Waals surface area (Å²) < 4.78 is 50.8. The van der Waals surface area contributed by atoms with Gasteiger partial charge in [0.2, 0.25) is 0 Å². The molecule has 36 heavy (non-hydrogen) atoms. The number of anilines is 2. The summed E-state index contributed by atoms with van der Waals surface area (Å²) in [6.07, 6.45) is -0.0434. The molecule has 192 valence electrons. The number of ether oxygens (including phenoxy) is 1. The maximum Gasteiger partial charge on any atom is 0.417 e. The van der Waals surface area contributed by atoms with E-state index in [1.807, 2.05) is 13.8 Å². The molecular formula is C25H27F3N4O4. The van der Waals surface area contributed by atoms with Crippen molar-refractivity contribution in [1.82, 2.24) is 9.97 Å². The fourth-order valence-corrected chi connectivity index (χ4v) is 3.69. The summed E-state index contributed by atoms with van der Waals surface area (Å²) in [5.74, 6) is -0.545. The zero-order chi connectivity index (χ0) is 26.3. The predicted octanol–water partition coefficient (Wildman–Crippen LogP) is 5.57. The zero-order valence-corrected chi connectivity index (χ0v) is 20.1. The molecule has 11 heteroatoms. The molecule has 0 atom stereocenters. The fourth-order valence-electron chi connectivity index (χ4n) is 3.69. The molecule has 1 saturated heterocycles. The standard InChI is InChI=1S/C23H21F3N4O4.C2H6/c1-14(31)33-17-6-10-30(11-7-17)21-18(12-16(13-28-21)23(24,25)26)29-22(32)20-3-2-19(34-20)15-4-8-27-9-5-15;1-2/h2-5,8-9,12-13,17H,6-7,10-11H2,1H3,(H,29,32);1-2H3. The molecule has 1 amide bonds. The van der Waals surface area contributed by atoms with Crippen molar-refractivity contribution < 1.29 is 31.9 Å². The Kier molecular flexibility index (Phi) is 8.68. The highest BCUT2D eigenvalue weighted by molar-refractivity contribution is 6.04. The van der Waals surface area contributed by atoms with Crippen molar-refractivity contribution in [3.8, 4) is 11.3 Å². The molecule has 0 aliphatic carbocycles. The Morgan fingerprint density at radius 2 is 1.78 bits per heavy atom. The number of alkyl halides is 3. The van der Waals surface area contributed by atoms with Crippen LogP contribution in [0.15, 0.2) is 53.3 Å². The van der Waals surface area contributed by atoms with E-state index in [0.29, 0.717) is 37.3 Å². The van der Waals surface area contributed by atoms with Crippen LogP contribution in [0, 0.1) is 0 Å². The fraction of sp³-hybridized carbons (Fsp3) is 0.360. The molecule has 0 bridgehead atoms. The Balaban J connectivity index is 0.00000176. The predicted molar refractivity (Wildman–Crippen MR) is 127 cm³/mol. The van der Waals surface area contributed by atoms with Gasteiger partial charge in [0.15, 0.2) is 11.6 Å². The van der Waals surface area contributed by atoms with Gasteiger partial charge in [-0.25, -0.2) is 4.98 Å². The second kappa shape index (κ2) is 11.7. The normalized spacial score (nSPS) is 14.0. The van der Waals surface area contributed by atoms with Crippen LogP contribution in [-0.2, 0) is 15.7 Å². The van der Waals surface area contributed by atoms with Crippen LogP contribution in [-0.4, -0.2) is 41.0 Å². The molecule has 0 aromatic carbocycles. The lowest BCUT2D eigenvalue weighted by atomic mass is 10.1. The van der Waals surface area contributed by atoms with E-state index in [0.717, 1.165) is 12.3 Å². The number of esters is 1. The lowest BCUT2D eigenvalue weighted by Gasteiger charge is -2.33. The van der Waals surface area contributed by atoms with Crippen molar-refractivity contribution in [3.05, 3.63) is 60.2 Å². The third kappa shape index (κ3) is 6.61. The lowest BCUT2D eigenvalue weighted by molar-refractivity contribution is -0.147. The van der Waals surface area contributed by atoms with Crippen molar-refractivity contribution in [2.24, 2.45) is 0 Å². The number of hydrogen-bond acceptors (Lipinski definition) is 7. The number of amides is 1. The number of nitrogens with one attached hydrogen (secondary N) is 1. The summed E-state index contributed by atoms with van der Waals surface area (Å²) in [5.41, 5.74) is -0.378. The Bertz CT molecular complexity index is 1170. The number of rotatable bonds is 5. The van der Waals surface area contributed by atoms with Crippen LogP contribution < -0.4 is 10.2 Å². The maximum absolute atomic E-state index is 13.3. The first-order valence-electron chi connectivity index (χ1n) is 11.5. The van der Waals surface area contributed by atoms with Crippen molar-refractivity contribution in [2.45, 2.75) is 45.9 Å². The number of piperidine rings is 1. The maximum atomic E-state index is 13.3. The van der Waals surface area contributed by atoms with Crippen molar-refractivity contribution >= 4 is 23.4 Å². The van der Waals surface area contributed by atoms with Gasteiger partial charge in [-0.1, -0.05) is 13.8 Å². The monoisotopic (exact) mass is 504 g/mol. The second-order valence-corrected chi connectivity index (χ2v) is 7.74. The van der Waals surface area contributed by atoms with Crippen LogP contribution in [0.1, 0.15) is 49.7 Å². The number of carbonyl (C=O) groups excluding carboxylic acids is 2. The van der Waals surface area contributed by atoms with Gasteiger partial charge in [-0.3, -0.25) is 14.6 Å². The second-order valence-electron chi connectivity index (χ2n) is 7.74. The molecule has 1 aliphatic rings. The summed E-state index contributed by atoms with van der Waals surface area (Å²) >= 11 is 0. The summed E-state index contributed by atoms with van der Waals surface area (Å²) in [4.78, 5) is 33.7. The Hall–Kier alpha value is -3.89. The van der Waals surface area contributed by atoms with Crippen LogP contribution in [0.2, 0.25) is 0 Å². The number of carbonyl (C=O) groups is 2. The van der Waals surface area contributed by atoms with E-state index < -0.39 is 17.6 Å². The number of aromatic nitrogens is 2. The Morgan fingerprint density at radius 1 is 1.11 bits per heavy atom. The minimum atomic E-state index is -4.63. The quantitative estimate of drug-likeness (QED) is 0.454. The van der Waals surface area contributed by atoms with E-state index in [4.69, 9.17) is 9.15 Å². The van der Waals surface area contributed by atoms with E-state index in [2.05, 4.69) is 15.3 Å². The number of pyridine rings is 2. The molecule has 0 radical (unpaired) electrons. The molecule has 1 fully saturated rings. The highest BCUT2D eigenvalue weighted by atomic mass is 19.4. The van der Waals surface area contributed by atoms with E-state index in [1.54, 1.807) is 35.5 Å². The van der Waals surface area contributed by atoms with Gasteiger partial charge in [-0.2, -0.15) is 13.2 Å². The first-order valence-corrected chi connectivity index (χ1v) is 11.5. The van der Waals surface area contributed by atoms with E-state index in [1.165, 1.54) is 13.0 Å². The van der Waals surface area contributed by atoms with Gasteiger partial charge < -0.3 is 19.4 Å². The summed E-state index contributed by atoms with van der Waals surface area (Å²) in [6, 6.07) is 7.29. The molecule has 1 aliphatic heterocycles. The Morgan fingerprint density at radius 3 is 2.39 bits per heavy atom. The molecule has 0 spiro atoms. The van der Waals surface area contributed by atoms with Crippen LogP contribution in [0.3, 0.4) is 0 Å². The third-order valence-electron chi connectivity index (χ3n) is 5.31. The largest absolute Gasteiger partial charge is 0.462 e. The van der Waals surface area contributed by atoms with Gasteiger partial charge in [0.05, 0.1) is 11.3 Å². The zero-order valence-electron chi connectivity index (χ0n) is 20.1. The van der Waals surface area contributed by atoms with Gasteiger partial charge >= 0.3 is 12.1 Å². The van der Waals surface area contributed by atoms with Crippen molar-refractivity contribution in [1.29, 1.82) is 0 Å². The topological polar surface area (TPSA) is 97.6 Å². The molecule has 4 heterocycles. The first kappa shape index (κ1) is 26.7. The van der Waals surface area contributed by atoms with Gasteiger partial charge in [-0.15, -0.1) is 0 Å². The lowest BCUT2D eigenvalue weighted by Crippen LogP contribution is -2.38. The summed E-state index contributed by atoms with van der Waals surface area (Å²) in [5, 5.41) is 2.51. The van der Waals surface area contributed by atoms with Crippen LogP contribution >= 0.6 is 0 Å². The molecule has 3 aromatic rings. The molecule has 4 rings (SSSR count). The molecule has 3 aromatic heterocycles. The van der Waals surface area contributed by atoms with E-state index >= 15 is 0 Å². The number of halogens is 3. The highest BCUT2D eigenvalue weighted by Crippen LogP contribution is 2.35. The summed E-state index contributed by atoms with van der Waals surface area (Å²) in [6.45, 7) is 6.12. The minimum Gasteiger partial charge on any atom is -0.462 e. The smallest absolute Gasteiger partial charge is 0.417 e. The van der Waals surface area contributed by atoms with Crippen LogP contribution in [0.4, 0.5) is 24.7 Å². The Labute approximate surface area is 206 Å². The van der Waals surface area contributed by atoms with Gasteiger partial charge in [0.1, 0.15) is 11.9 Å². The van der Waals surface area contributed by atoms with Crippen LogP contribution in [0.5, 0.6) is 0 Å². The van der Waals surface area contributed by atoms with Crippen LogP contribution in [0.25, 0.3) is 11.3 Å². The molecular weight excluding hydrogens is 477 g/mol. The number of nitrogens with zero attached hydrogens (tertiary/aromatic N) is 3. The average Bonchev–Trinajstić information content (AvgIpc) is 3.36. The average molecular weight is 505 g/mol. The molecule has 0 unspecified atom stereocenters. The van der Waals surface area contributed by atoms with E-state index in [9.17, 15) is 22.8 Å². The number of hydrogen-bond donors (Lipinski definition) is 1. The highest BCUT2D eigenvalue weighted by Gasteiger charge is 2.33. The number of furan rings is 1. The minimum absolute atomic E-state index is 0.0660. The van der Waals surface area contributed by atoms with Gasteiger partial charge in [0, 0.05) is 57.0 Å². The van der Waals surface area contributed by atoms with E-state index in [-0.39, 0.29) is 29.3 Å². The van der Waals surface area contributed by atoms with Gasteiger partial charge in [0.25, 0.3) is 5.91 Å². The van der Waals surface area contributed by atoms with Gasteiger partial charge in [-0.05, 0) is 30.3 Å². The molecule has 0 saturated carbocycles. The van der Waals surface area contributed by atoms with Crippen molar-refractivity contribution in [3.63, 3.8) is 0 Å². The molecule has 1 N–H and O–H groups in total. The third-order valence-corrected chi connectivity index (χ3v) is 5.31. The molecule has 8 nitrogen and oxygen atoms in total. The van der Waals surface area contributed by atoms with Crippen molar-refractivity contribution in [2.75, 3.05) is 23.3 Å². The first-order chi connectivity index (χ1) is 17.2. The summed E-state index contributed by atoms with van der Waals surface area (Å²) in [7, 11) is 0.